The van der Waals surface area contributed by atoms with Gasteiger partial charge in [-0.3, -0.25) is 9.79 Å². The van der Waals surface area contributed by atoms with Crippen molar-refractivity contribution in [3.63, 3.8) is 0 Å². The lowest BCUT2D eigenvalue weighted by molar-refractivity contribution is -0.140. The molecule has 29 heavy (non-hydrogen) atoms. The maximum atomic E-state index is 13.1. The van der Waals surface area contributed by atoms with Gasteiger partial charge in [-0.05, 0) is 43.0 Å². The second-order valence-corrected chi connectivity index (χ2v) is 7.93. The van der Waals surface area contributed by atoms with Crippen molar-refractivity contribution in [2.45, 2.75) is 38.7 Å². The van der Waals surface area contributed by atoms with Crippen LogP contribution in [0.3, 0.4) is 0 Å². The first-order valence-corrected chi connectivity index (χ1v) is 10.2. The second-order valence-electron chi connectivity index (χ2n) is 7.49. The van der Waals surface area contributed by atoms with Gasteiger partial charge in [-0.15, -0.1) is 0 Å². The molecule has 0 unspecified atom stereocenters. The van der Waals surface area contributed by atoms with Crippen LogP contribution in [0.25, 0.3) is 0 Å². The molecular weight excluding hydrogens is 386 g/mol. The molecule has 2 aliphatic rings. The zero-order chi connectivity index (χ0) is 20.4. The number of Topliss-reactive ketones (excluding diaryl/α,β-unsaturated/α-hetero) is 1. The third-order valence-corrected chi connectivity index (χ3v) is 5.78. The summed E-state index contributed by atoms with van der Waals surface area (Å²) >= 11 is 6.23. The summed E-state index contributed by atoms with van der Waals surface area (Å²) < 4.78 is 5.62. The van der Waals surface area contributed by atoms with Crippen LogP contribution in [0.2, 0.25) is 5.02 Å². The Balaban J connectivity index is 1.72. The van der Waals surface area contributed by atoms with Gasteiger partial charge in [0.25, 0.3) is 0 Å². The van der Waals surface area contributed by atoms with Gasteiger partial charge in [0.2, 0.25) is 0 Å². The number of rotatable bonds is 4. The molecule has 0 bridgehead atoms. The fraction of sp³-hybridized carbons (Fsp3) is 0.292. The van der Waals surface area contributed by atoms with Gasteiger partial charge >= 0.3 is 5.97 Å². The van der Waals surface area contributed by atoms with E-state index in [9.17, 15) is 9.59 Å². The summed E-state index contributed by atoms with van der Waals surface area (Å²) in [5, 5.41) is 0.574. The van der Waals surface area contributed by atoms with Crippen molar-refractivity contribution in [2.24, 2.45) is 10.9 Å². The van der Waals surface area contributed by atoms with Gasteiger partial charge in [-0.2, -0.15) is 0 Å². The predicted molar refractivity (Wildman–Crippen MR) is 113 cm³/mol. The summed E-state index contributed by atoms with van der Waals surface area (Å²) in [5.74, 6) is -1.15. The lowest BCUT2D eigenvalue weighted by Gasteiger charge is -2.35. The maximum Gasteiger partial charge on any atom is 0.336 e. The lowest BCUT2D eigenvalue weighted by Crippen LogP contribution is -2.39. The summed E-state index contributed by atoms with van der Waals surface area (Å²) in [7, 11) is 0. The molecule has 1 saturated carbocycles. The molecule has 1 fully saturated rings. The average Bonchev–Trinajstić information content (AvgIpc) is 2.72. The normalized spacial score (nSPS) is 21.4. The Bertz CT molecular complexity index is 1010. The number of aliphatic imine (C=N–C) groups is 1. The Hall–Kier alpha value is -2.72. The highest BCUT2D eigenvalue weighted by molar-refractivity contribution is 6.30. The number of ketones is 1. The minimum Gasteiger partial charge on any atom is -0.457 e. The van der Waals surface area contributed by atoms with E-state index in [-0.39, 0.29) is 12.4 Å². The molecule has 1 aliphatic heterocycles. The van der Waals surface area contributed by atoms with Crippen molar-refractivity contribution in [1.82, 2.24) is 0 Å². The molecule has 148 valence electrons. The van der Waals surface area contributed by atoms with Crippen molar-refractivity contribution in [3.05, 3.63) is 82.0 Å². The molecular formula is C24H22ClNO3. The van der Waals surface area contributed by atoms with Crippen LogP contribution in [0.1, 0.15) is 43.2 Å². The molecule has 0 spiro atoms. The van der Waals surface area contributed by atoms with Crippen molar-refractivity contribution < 1.29 is 14.3 Å². The highest BCUT2D eigenvalue weighted by Crippen LogP contribution is 2.43. The SMILES string of the molecule is CC1=C(C(=O)OCc2ccccc2)[C@H](c2cccc(Cl)c2)[C@@H]2C(=O)CCCC2=N1. The van der Waals surface area contributed by atoms with Gasteiger partial charge < -0.3 is 4.74 Å². The number of carbonyl (C=O) groups is 2. The molecule has 1 heterocycles. The molecule has 2 atom stereocenters. The van der Waals surface area contributed by atoms with Crippen LogP contribution < -0.4 is 0 Å². The van der Waals surface area contributed by atoms with E-state index in [0.29, 0.717) is 22.7 Å². The smallest absolute Gasteiger partial charge is 0.336 e. The summed E-state index contributed by atoms with van der Waals surface area (Å²) in [6.07, 6.45) is 2.08. The number of hydrogen-bond donors (Lipinski definition) is 0. The Morgan fingerprint density at radius 1 is 1.10 bits per heavy atom. The molecule has 5 heteroatoms. The number of esters is 1. The Labute approximate surface area is 175 Å². The molecule has 0 amide bonds. The molecule has 1 aliphatic carbocycles. The zero-order valence-corrected chi connectivity index (χ0v) is 17.0. The van der Waals surface area contributed by atoms with Gasteiger partial charge in [0.15, 0.2) is 0 Å². The molecule has 4 nitrogen and oxygen atoms in total. The fourth-order valence-electron chi connectivity index (χ4n) is 4.25. The monoisotopic (exact) mass is 407 g/mol. The topological polar surface area (TPSA) is 55.7 Å². The number of halogens is 1. The third-order valence-electron chi connectivity index (χ3n) is 5.55. The van der Waals surface area contributed by atoms with E-state index in [0.717, 1.165) is 29.7 Å². The van der Waals surface area contributed by atoms with E-state index < -0.39 is 17.8 Å². The molecule has 0 N–H and O–H groups in total. The van der Waals surface area contributed by atoms with Crippen LogP contribution >= 0.6 is 11.6 Å². The highest BCUT2D eigenvalue weighted by Gasteiger charge is 2.43. The minimum atomic E-state index is -0.433. The number of carbonyl (C=O) groups excluding carboxylic acids is 2. The third kappa shape index (κ3) is 4.03. The summed E-state index contributed by atoms with van der Waals surface area (Å²) in [6.45, 7) is 1.99. The molecule has 0 saturated heterocycles. The first-order valence-electron chi connectivity index (χ1n) is 9.82. The first-order chi connectivity index (χ1) is 14.0. The predicted octanol–water partition coefficient (Wildman–Crippen LogP) is 5.26. The number of allylic oxidation sites excluding steroid dienone is 1. The number of nitrogens with zero attached hydrogens (tertiary/aromatic N) is 1. The quantitative estimate of drug-likeness (QED) is 0.649. The maximum absolute atomic E-state index is 13.1. The molecule has 0 radical (unpaired) electrons. The van der Waals surface area contributed by atoms with Crippen LogP contribution in [0.4, 0.5) is 0 Å². The van der Waals surface area contributed by atoms with Gasteiger partial charge in [0.05, 0.1) is 11.5 Å². The van der Waals surface area contributed by atoms with E-state index in [1.54, 1.807) is 6.07 Å². The van der Waals surface area contributed by atoms with Crippen molar-refractivity contribution in [1.29, 1.82) is 0 Å². The van der Waals surface area contributed by atoms with E-state index >= 15 is 0 Å². The van der Waals surface area contributed by atoms with Gasteiger partial charge in [-0.1, -0.05) is 54.1 Å². The van der Waals surface area contributed by atoms with Crippen LogP contribution in [0.5, 0.6) is 0 Å². The highest BCUT2D eigenvalue weighted by atomic mass is 35.5. The van der Waals surface area contributed by atoms with E-state index in [2.05, 4.69) is 4.99 Å². The molecule has 2 aromatic carbocycles. The van der Waals surface area contributed by atoms with E-state index in [1.165, 1.54) is 0 Å². The van der Waals surface area contributed by atoms with Crippen LogP contribution in [-0.4, -0.2) is 17.5 Å². The van der Waals surface area contributed by atoms with Gasteiger partial charge in [0, 0.05) is 28.8 Å². The number of hydrogen-bond acceptors (Lipinski definition) is 4. The fourth-order valence-corrected chi connectivity index (χ4v) is 4.45. The largest absolute Gasteiger partial charge is 0.457 e. The van der Waals surface area contributed by atoms with Crippen molar-refractivity contribution >= 4 is 29.1 Å². The van der Waals surface area contributed by atoms with Crippen LogP contribution in [-0.2, 0) is 20.9 Å². The number of ether oxygens (including phenoxy) is 1. The van der Waals surface area contributed by atoms with Crippen LogP contribution in [0, 0.1) is 5.92 Å². The van der Waals surface area contributed by atoms with Crippen molar-refractivity contribution in [2.75, 3.05) is 0 Å². The van der Waals surface area contributed by atoms with Crippen molar-refractivity contribution in [3.8, 4) is 0 Å². The first kappa shape index (κ1) is 19.6. The summed E-state index contributed by atoms with van der Waals surface area (Å²) in [6, 6.07) is 16.9. The van der Waals surface area contributed by atoms with E-state index in [1.807, 2.05) is 55.5 Å². The molecule has 4 rings (SSSR count). The molecule has 0 aromatic heterocycles. The Morgan fingerprint density at radius 2 is 1.90 bits per heavy atom. The standard InChI is InChI=1S/C24H22ClNO3/c1-15-21(24(28)29-14-16-7-3-2-4-8-16)22(17-9-5-10-18(25)13-17)23-19(26-15)11-6-12-20(23)27/h2-5,7-10,13,22-23H,6,11-12,14H2,1H3/t22-,23-/m0/s1. The van der Waals surface area contributed by atoms with E-state index in [4.69, 9.17) is 16.3 Å². The average molecular weight is 408 g/mol. The minimum absolute atomic E-state index is 0.126. The Morgan fingerprint density at radius 3 is 2.66 bits per heavy atom. The number of fused-ring (bicyclic) bond motifs is 1. The molecule has 2 aromatic rings. The summed E-state index contributed by atoms with van der Waals surface area (Å²) in [5.41, 5.74) is 3.69. The Kier molecular flexibility index (Phi) is 5.63. The zero-order valence-electron chi connectivity index (χ0n) is 16.2. The van der Waals surface area contributed by atoms with Crippen LogP contribution in [0.15, 0.2) is 70.9 Å². The lowest BCUT2D eigenvalue weighted by atomic mass is 9.69. The second kappa shape index (κ2) is 8.34. The van der Waals surface area contributed by atoms with Gasteiger partial charge in [0.1, 0.15) is 12.4 Å². The summed E-state index contributed by atoms with van der Waals surface area (Å²) in [4.78, 5) is 30.7. The number of benzene rings is 2. The van der Waals surface area contributed by atoms with Gasteiger partial charge in [-0.25, -0.2) is 4.79 Å².